The molecule has 1 aromatic heterocycles. The molecular formula is C20H29N3O. The zero-order valence-corrected chi connectivity index (χ0v) is 15.9. The fourth-order valence-electron chi connectivity index (χ4n) is 2.43. The Morgan fingerprint density at radius 2 is 1.67 bits per heavy atom. The number of hydrogen-bond donors (Lipinski definition) is 1. The Balaban J connectivity index is 2.23. The Kier molecular flexibility index (Phi) is 4.88. The van der Waals surface area contributed by atoms with E-state index in [0.29, 0.717) is 6.42 Å². The van der Waals surface area contributed by atoms with Crippen LogP contribution >= 0.6 is 0 Å². The number of anilines is 1. The zero-order valence-electron chi connectivity index (χ0n) is 15.9. The van der Waals surface area contributed by atoms with Gasteiger partial charge in [-0.25, -0.2) is 4.68 Å². The first-order chi connectivity index (χ1) is 11.0. The lowest BCUT2D eigenvalue weighted by Gasteiger charge is -2.23. The van der Waals surface area contributed by atoms with E-state index in [1.54, 1.807) is 0 Å². The van der Waals surface area contributed by atoms with Crippen LogP contribution in [-0.2, 0) is 22.2 Å². The van der Waals surface area contributed by atoms with Crippen molar-refractivity contribution in [3.05, 3.63) is 47.2 Å². The van der Waals surface area contributed by atoms with Crippen molar-refractivity contribution in [1.82, 2.24) is 9.78 Å². The van der Waals surface area contributed by atoms with Crippen molar-refractivity contribution in [3.8, 4) is 0 Å². The lowest BCUT2D eigenvalue weighted by molar-refractivity contribution is -0.115. The molecule has 130 valence electrons. The van der Waals surface area contributed by atoms with Crippen LogP contribution in [0.2, 0.25) is 0 Å². The van der Waals surface area contributed by atoms with Gasteiger partial charge in [0.15, 0.2) is 0 Å². The lowest BCUT2D eigenvalue weighted by Crippen LogP contribution is -2.27. The lowest BCUT2D eigenvalue weighted by atomic mass is 9.92. The van der Waals surface area contributed by atoms with E-state index in [4.69, 9.17) is 5.10 Å². The third-order valence-corrected chi connectivity index (χ3v) is 3.87. The Morgan fingerprint density at radius 3 is 2.17 bits per heavy atom. The van der Waals surface area contributed by atoms with E-state index in [1.165, 1.54) is 5.56 Å². The third-order valence-electron chi connectivity index (χ3n) is 3.87. The summed E-state index contributed by atoms with van der Waals surface area (Å²) in [4.78, 5) is 12.5. The largest absolute Gasteiger partial charge is 0.311 e. The normalized spacial score (nSPS) is 12.3. The second-order valence-corrected chi connectivity index (χ2v) is 8.46. The standard InChI is InChI=1S/C20H29N3O/c1-14-8-10-15(11-9-14)12-18(24)21-17-13-16(19(2,3)4)22-23(17)20(5,6)7/h8-11,13H,12H2,1-7H3,(H,21,24). The number of amides is 1. The molecule has 0 aliphatic heterocycles. The predicted molar refractivity (Wildman–Crippen MR) is 99.4 cm³/mol. The molecule has 0 saturated carbocycles. The van der Waals surface area contributed by atoms with Crippen molar-refractivity contribution in [2.45, 2.75) is 65.8 Å². The van der Waals surface area contributed by atoms with Crippen LogP contribution in [0, 0.1) is 6.92 Å². The highest BCUT2D eigenvalue weighted by atomic mass is 16.1. The molecule has 0 fully saturated rings. The number of nitrogens with zero attached hydrogens (tertiary/aromatic N) is 2. The summed E-state index contributed by atoms with van der Waals surface area (Å²) >= 11 is 0. The van der Waals surface area contributed by atoms with Crippen LogP contribution in [0.15, 0.2) is 30.3 Å². The Morgan fingerprint density at radius 1 is 1.08 bits per heavy atom. The Labute approximate surface area is 145 Å². The van der Waals surface area contributed by atoms with Gasteiger partial charge in [-0.2, -0.15) is 5.10 Å². The molecule has 1 aromatic carbocycles. The summed E-state index contributed by atoms with van der Waals surface area (Å²) in [5.74, 6) is 0.731. The van der Waals surface area contributed by atoms with Gasteiger partial charge in [-0.15, -0.1) is 0 Å². The van der Waals surface area contributed by atoms with E-state index in [2.05, 4.69) is 46.9 Å². The average Bonchev–Trinajstić information content (AvgIpc) is 2.85. The summed E-state index contributed by atoms with van der Waals surface area (Å²) < 4.78 is 1.90. The summed E-state index contributed by atoms with van der Waals surface area (Å²) in [5.41, 5.74) is 2.92. The van der Waals surface area contributed by atoms with E-state index in [-0.39, 0.29) is 16.9 Å². The van der Waals surface area contributed by atoms with Crippen molar-refractivity contribution in [2.24, 2.45) is 0 Å². The molecule has 1 N–H and O–H groups in total. The van der Waals surface area contributed by atoms with Crippen LogP contribution in [0.3, 0.4) is 0 Å². The molecule has 4 nitrogen and oxygen atoms in total. The van der Waals surface area contributed by atoms with Gasteiger partial charge < -0.3 is 5.32 Å². The fraction of sp³-hybridized carbons (Fsp3) is 0.500. The molecular weight excluding hydrogens is 298 g/mol. The zero-order chi connectivity index (χ0) is 18.1. The molecule has 0 radical (unpaired) electrons. The highest BCUT2D eigenvalue weighted by Gasteiger charge is 2.25. The van der Waals surface area contributed by atoms with E-state index in [0.717, 1.165) is 17.1 Å². The number of aromatic nitrogens is 2. The topological polar surface area (TPSA) is 46.9 Å². The van der Waals surface area contributed by atoms with E-state index >= 15 is 0 Å². The number of carbonyl (C=O) groups excluding carboxylic acids is 1. The van der Waals surface area contributed by atoms with Crippen LogP contribution in [-0.4, -0.2) is 15.7 Å². The first-order valence-electron chi connectivity index (χ1n) is 8.43. The van der Waals surface area contributed by atoms with Crippen LogP contribution in [0.5, 0.6) is 0 Å². The highest BCUT2D eigenvalue weighted by molar-refractivity contribution is 5.91. The third kappa shape index (κ3) is 4.47. The average molecular weight is 327 g/mol. The number of hydrogen-bond acceptors (Lipinski definition) is 2. The molecule has 0 aliphatic carbocycles. The van der Waals surface area contributed by atoms with Crippen molar-refractivity contribution >= 4 is 11.7 Å². The molecule has 0 aliphatic rings. The molecule has 2 aromatic rings. The summed E-state index contributed by atoms with van der Waals surface area (Å²) in [6.07, 6.45) is 0.362. The number of carbonyl (C=O) groups is 1. The maximum Gasteiger partial charge on any atom is 0.229 e. The Hall–Kier alpha value is -2.10. The SMILES string of the molecule is Cc1ccc(CC(=O)Nc2cc(C(C)(C)C)nn2C(C)(C)C)cc1. The van der Waals surface area contributed by atoms with Gasteiger partial charge >= 0.3 is 0 Å². The molecule has 1 heterocycles. The number of rotatable bonds is 3. The van der Waals surface area contributed by atoms with Gasteiger partial charge in [0.25, 0.3) is 0 Å². The predicted octanol–water partition coefficient (Wildman–Crippen LogP) is 4.43. The van der Waals surface area contributed by atoms with Gasteiger partial charge in [-0.3, -0.25) is 4.79 Å². The number of benzene rings is 1. The number of nitrogens with one attached hydrogen (secondary N) is 1. The second kappa shape index (κ2) is 6.42. The van der Waals surface area contributed by atoms with Crippen molar-refractivity contribution in [2.75, 3.05) is 5.32 Å². The molecule has 2 rings (SSSR count). The smallest absolute Gasteiger partial charge is 0.229 e. The van der Waals surface area contributed by atoms with E-state index < -0.39 is 0 Å². The van der Waals surface area contributed by atoms with Crippen LogP contribution < -0.4 is 5.32 Å². The first kappa shape index (κ1) is 18.2. The van der Waals surface area contributed by atoms with Gasteiger partial charge in [0.1, 0.15) is 5.82 Å². The van der Waals surface area contributed by atoms with Gasteiger partial charge in [0.2, 0.25) is 5.91 Å². The quantitative estimate of drug-likeness (QED) is 0.907. The highest BCUT2D eigenvalue weighted by Crippen LogP contribution is 2.28. The molecule has 24 heavy (non-hydrogen) atoms. The molecule has 0 saturated heterocycles. The molecule has 1 amide bonds. The molecule has 0 unspecified atom stereocenters. The van der Waals surface area contributed by atoms with E-state index in [1.807, 2.05) is 41.9 Å². The molecule has 0 spiro atoms. The summed E-state index contributed by atoms with van der Waals surface area (Å²) in [6.45, 7) is 14.7. The van der Waals surface area contributed by atoms with Crippen molar-refractivity contribution in [3.63, 3.8) is 0 Å². The monoisotopic (exact) mass is 327 g/mol. The van der Waals surface area contributed by atoms with Crippen LogP contribution in [0.1, 0.15) is 58.4 Å². The molecule has 0 bridgehead atoms. The molecule has 4 heteroatoms. The summed E-state index contributed by atoms with van der Waals surface area (Å²) in [5, 5.41) is 7.76. The minimum atomic E-state index is -0.198. The van der Waals surface area contributed by atoms with Crippen LogP contribution in [0.4, 0.5) is 5.82 Å². The van der Waals surface area contributed by atoms with Gasteiger partial charge in [-0.1, -0.05) is 50.6 Å². The minimum Gasteiger partial charge on any atom is -0.311 e. The molecule has 0 atom stereocenters. The second-order valence-electron chi connectivity index (χ2n) is 8.46. The van der Waals surface area contributed by atoms with Crippen LogP contribution in [0.25, 0.3) is 0 Å². The van der Waals surface area contributed by atoms with Crippen molar-refractivity contribution in [1.29, 1.82) is 0 Å². The maximum absolute atomic E-state index is 12.5. The minimum absolute atomic E-state index is 0.0234. The summed E-state index contributed by atoms with van der Waals surface area (Å²) in [6, 6.07) is 10.0. The number of aryl methyl sites for hydroxylation is 1. The van der Waals surface area contributed by atoms with Gasteiger partial charge in [0.05, 0.1) is 17.7 Å². The van der Waals surface area contributed by atoms with E-state index in [9.17, 15) is 4.79 Å². The fourth-order valence-corrected chi connectivity index (χ4v) is 2.43. The van der Waals surface area contributed by atoms with Crippen molar-refractivity contribution < 1.29 is 4.79 Å². The van der Waals surface area contributed by atoms with Gasteiger partial charge in [0, 0.05) is 11.5 Å². The first-order valence-corrected chi connectivity index (χ1v) is 8.43. The Bertz CT molecular complexity index is 713. The summed E-state index contributed by atoms with van der Waals surface area (Å²) in [7, 11) is 0. The maximum atomic E-state index is 12.5. The van der Waals surface area contributed by atoms with Gasteiger partial charge in [-0.05, 0) is 33.3 Å².